The van der Waals surface area contributed by atoms with Crippen molar-refractivity contribution in [3.63, 3.8) is 0 Å². The summed E-state index contributed by atoms with van der Waals surface area (Å²) in [6.45, 7) is 3.76. The summed E-state index contributed by atoms with van der Waals surface area (Å²) in [5.74, 6) is -7.31. The van der Waals surface area contributed by atoms with Crippen LogP contribution in [0.25, 0.3) is 0 Å². The summed E-state index contributed by atoms with van der Waals surface area (Å²) in [4.78, 5) is 47.6. The average Bonchev–Trinajstić information content (AvgIpc) is 2.58. The van der Waals surface area contributed by atoms with E-state index in [0.29, 0.717) is 25.7 Å². The molecule has 0 spiro atoms. The van der Waals surface area contributed by atoms with Gasteiger partial charge in [0.15, 0.2) is 0 Å². The number of hydrogen-bond donors (Lipinski definition) is 4. The molecule has 0 unspecified atom stereocenters. The number of unbranched alkanes of at least 4 members (excludes halogenated alkanes) is 2. The topological polar surface area (TPSA) is 149 Å². The Labute approximate surface area is 163 Å². The predicted molar refractivity (Wildman–Crippen MR) is 99.9 cm³/mol. The molecule has 2 atom stereocenters. The lowest BCUT2D eigenvalue weighted by molar-refractivity contribution is -0.138. The van der Waals surface area contributed by atoms with Crippen molar-refractivity contribution in [2.45, 2.75) is 65.2 Å². The Morgan fingerprint density at radius 1 is 0.679 bits per heavy atom. The van der Waals surface area contributed by atoms with Gasteiger partial charge in [0.05, 0.1) is 11.1 Å². The fourth-order valence-corrected chi connectivity index (χ4v) is 3.82. The van der Waals surface area contributed by atoms with E-state index in [9.17, 15) is 39.6 Å². The van der Waals surface area contributed by atoms with Crippen molar-refractivity contribution in [2.75, 3.05) is 0 Å². The summed E-state index contributed by atoms with van der Waals surface area (Å²) >= 11 is 0. The highest BCUT2D eigenvalue weighted by molar-refractivity contribution is 6.02. The highest BCUT2D eigenvalue weighted by atomic mass is 16.4. The van der Waals surface area contributed by atoms with Crippen molar-refractivity contribution in [1.29, 1.82) is 0 Å². The molecule has 156 valence electrons. The third kappa shape index (κ3) is 5.68. The first kappa shape index (κ1) is 23.4. The van der Waals surface area contributed by atoms with Gasteiger partial charge in [-0.3, -0.25) is 0 Å². The van der Waals surface area contributed by atoms with E-state index in [1.54, 1.807) is 0 Å². The van der Waals surface area contributed by atoms with Crippen LogP contribution in [0.15, 0.2) is 22.3 Å². The van der Waals surface area contributed by atoms with E-state index in [1.807, 2.05) is 13.8 Å². The quantitative estimate of drug-likeness (QED) is 0.439. The van der Waals surface area contributed by atoms with Gasteiger partial charge in [-0.1, -0.05) is 39.5 Å². The molecule has 1 rings (SSSR count). The molecule has 8 nitrogen and oxygen atoms in total. The zero-order chi connectivity index (χ0) is 21.4. The number of rotatable bonds is 10. The van der Waals surface area contributed by atoms with Crippen LogP contribution in [-0.2, 0) is 19.2 Å². The van der Waals surface area contributed by atoms with Crippen LogP contribution in [0.5, 0.6) is 0 Å². The summed E-state index contributed by atoms with van der Waals surface area (Å²) < 4.78 is 0. The van der Waals surface area contributed by atoms with Crippen LogP contribution in [0, 0.1) is 11.8 Å². The van der Waals surface area contributed by atoms with E-state index in [4.69, 9.17) is 0 Å². The normalized spacial score (nSPS) is 25.6. The molecule has 0 saturated heterocycles. The second-order valence-electron chi connectivity index (χ2n) is 7.09. The maximum Gasteiger partial charge on any atom is 0.332 e. The van der Waals surface area contributed by atoms with Gasteiger partial charge in [-0.15, -0.1) is 0 Å². The fraction of sp³-hybridized carbons (Fsp3) is 0.600. The van der Waals surface area contributed by atoms with Crippen molar-refractivity contribution in [1.82, 2.24) is 0 Å². The lowest BCUT2D eigenvalue weighted by Crippen LogP contribution is -2.28. The van der Waals surface area contributed by atoms with Crippen LogP contribution in [0.2, 0.25) is 0 Å². The van der Waals surface area contributed by atoms with Gasteiger partial charge in [-0.05, 0) is 37.5 Å². The molecule has 8 heteroatoms. The molecular weight excluding hydrogens is 368 g/mol. The van der Waals surface area contributed by atoms with Crippen molar-refractivity contribution < 1.29 is 39.6 Å². The third-order valence-electron chi connectivity index (χ3n) is 5.16. The van der Waals surface area contributed by atoms with E-state index in [1.165, 1.54) is 0 Å². The van der Waals surface area contributed by atoms with Crippen LogP contribution in [0.4, 0.5) is 0 Å². The van der Waals surface area contributed by atoms with Crippen LogP contribution in [-0.4, -0.2) is 44.3 Å². The molecule has 0 saturated carbocycles. The molecule has 4 N–H and O–H groups in total. The third-order valence-corrected chi connectivity index (χ3v) is 5.16. The minimum absolute atomic E-state index is 0.276. The molecule has 0 bridgehead atoms. The zero-order valence-electron chi connectivity index (χ0n) is 16.2. The van der Waals surface area contributed by atoms with Crippen LogP contribution >= 0.6 is 0 Å². The van der Waals surface area contributed by atoms with Gasteiger partial charge in [0, 0.05) is 11.1 Å². The van der Waals surface area contributed by atoms with Crippen LogP contribution in [0.3, 0.4) is 0 Å². The van der Waals surface area contributed by atoms with E-state index < -0.39 is 35.7 Å². The Bertz CT molecular complexity index is 641. The van der Waals surface area contributed by atoms with Crippen molar-refractivity contribution in [2.24, 2.45) is 11.8 Å². The molecule has 1 aliphatic rings. The molecule has 1 aliphatic carbocycles. The van der Waals surface area contributed by atoms with E-state index in [2.05, 4.69) is 0 Å². The molecule has 0 radical (unpaired) electrons. The molecule has 0 amide bonds. The summed E-state index contributed by atoms with van der Waals surface area (Å²) in [6, 6.07) is 0. The number of aliphatic carboxylic acids is 4. The average molecular weight is 396 g/mol. The number of carboxylic acid groups (broad SMARTS) is 4. The van der Waals surface area contributed by atoms with Crippen molar-refractivity contribution in [3.8, 4) is 0 Å². The summed E-state index contributed by atoms with van der Waals surface area (Å²) in [5, 5.41) is 38.7. The van der Waals surface area contributed by atoms with Crippen molar-refractivity contribution in [3.05, 3.63) is 22.3 Å². The van der Waals surface area contributed by atoms with Gasteiger partial charge in [-0.25, -0.2) is 19.2 Å². The Hall–Kier alpha value is -2.64. The summed E-state index contributed by atoms with van der Waals surface area (Å²) in [5.41, 5.74) is -1.24. The van der Waals surface area contributed by atoms with Crippen LogP contribution in [0.1, 0.15) is 65.2 Å². The van der Waals surface area contributed by atoms with Gasteiger partial charge in [0.1, 0.15) is 0 Å². The van der Waals surface area contributed by atoms with Crippen LogP contribution < -0.4 is 0 Å². The molecular formula is C20H28O8. The fourth-order valence-electron chi connectivity index (χ4n) is 3.82. The molecule has 0 aromatic carbocycles. The lowest BCUT2D eigenvalue weighted by atomic mass is 9.74. The Morgan fingerprint density at radius 2 is 1.00 bits per heavy atom. The van der Waals surface area contributed by atoms with Gasteiger partial charge < -0.3 is 20.4 Å². The molecule has 0 aromatic rings. The summed E-state index contributed by atoms with van der Waals surface area (Å²) in [6.07, 6.45) is 2.50. The van der Waals surface area contributed by atoms with E-state index >= 15 is 0 Å². The maximum absolute atomic E-state index is 11.9. The molecule has 28 heavy (non-hydrogen) atoms. The number of carboxylic acids is 4. The minimum Gasteiger partial charge on any atom is -0.478 e. The Morgan fingerprint density at radius 3 is 1.21 bits per heavy atom. The van der Waals surface area contributed by atoms with Gasteiger partial charge >= 0.3 is 23.9 Å². The molecule has 0 heterocycles. The molecule has 0 aliphatic heterocycles. The number of hydrogen-bond acceptors (Lipinski definition) is 4. The SMILES string of the molecule is CCCC[C@@H]1C/C(C(=O)O)=C(/C(=O)O)[C@H](CCCC)C/C(C(=O)O)=C\1C(=O)O. The van der Waals surface area contributed by atoms with E-state index in [-0.39, 0.29) is 48.0 Å². The van der Waals surface area contributed by atoms with Gasteiger partial charge in [-0.2, -0.15) is 0 Å². The first-order valence-corrected chi connectivity index (χ1v) is 9.54. The second-order valence-corrected chi connectivity index (χ2v) is 7.09. The molecule has 0 fully saturated rings. The smallest absolute Gasteiger partial charge is 0.332 e. The monoisotopic (exact) mass is 396 g/mol. The van der Waals surface area contributed by atoms with Crippen molar-refractivity contribution >= 4 is 23.9 Å². The first-order chi connectivity index (χ1) is 13.1. The highest BCUT2D eigenvalue weighted by Crippen LogP contribution is 2.39. The number of carbonyl (C=O) groups is 4. The standard InChI is InChI=1S/C20H28O8/c1-3-5-7-11-9-13(17(21)22)16(20(27)28)12(8-6-4-2)10-14(18(23)24)15(11)19(25)26/h11-12H,3-10H2,1-2H3,(H,21,22)(H,23,24)(H,25,26)(H,27,28)/b15-14-,16-13-/t11-,12-/m1/s1. The Balaban J connectivity index is 3.71. The summed E-state index contributed by atoms with van der Waals surface area (Å²) in [7, 11) is 0. The van der Waals surface area contributed by atoms with Gasteiger partial charge in [0.25, 0.3) is 0 Å². The van der Waals surface area contributed by atoms with Gasteiger partial charge in [0.2, 0.25) is 0 Å². The van der Waals surface area contributed by atoms with E-state index in [0.717, 1.165) is 0 Å². The second kappa shape index (κ2) is 10.6. The predicted octanol–water partition coefficient (Wildman–Crippen LogP) is 3.32. The Kier molecular flexibility index (Phi) is 8.88. The largest absolute Gasteiger partial charge is 0.478 e. The highest BCUT2D eigenvalue weighted by Gasteiger charge is 2.38. The molecule has 0 aromatic heterocycles. The first-order valence-electron chi connectivity index (χ1n) is 9.54. The zero-order valence-corrected chi connectivity index (χ0v) is 16.2. The maximum atomic E-state index is 11.9. The lowest BCUT2D eigenvalue weighted by Gasteiger charge is -2.28. The minimum atomic E-state index is -1.40.